The number of carbonyl (C=O) groups is 2. The summed E-state index contributed by atoms with van der Waals surface area (Å²) in [7, 11) is 0. The van der Waals surface area contributed by atoms with Gasteiger partial charge in [-0.15, -0.1) is 0 Å². The second-order valence-corrected chi connectivity index (χ2v) is 3.44. The molecule has 1 N–H and O–H groups in total. The zero-order valence-corrected chi connectivity index (χ0v) is 8.22. The minimum atomic E-state index is -0.903. The Balaban J connectivity index is 2.63. The van der Waals surface area contributed by atoms with Gasteiger partial charge in [-0.2, -0.15) is 0 Å². The van der Waals surface area contributed by atoms with Gasteiger partial charge in [-0.3, -0.25) is 4.79 Å². The molecule has 1 amide bonds. The third-order valence-corrected chi connectivity index (χ3v) is 2.61. The highest BCUT2D eigenvalue weighted by Gasteiger charge is 2.35. The summed E-state index contributed by atoms with van der Waals surface area (Å²) in [4.78, 5) is 22.9. The summed E-state index contributed by atoms with van der Waals surface area (Å²) in [6.07, 6.45) is 6.62. The summed E-state index contributed by atoms with van der Waals surface area (Å²) in [6, 6.07) is -0.562. The summed E-state index contributed by atoms with van der Waals surface area (Å²) in [5, 5.41) is 8.84. The highest BCUT2D eigenvalue weighted by Crippen LogP contribution is 2.25. The Kier molecular flexibility index (Phi) is 3.68. The molecule has 1 fully saturated rings. The van der Waals surface area contributed by atoms with Gasteiger partial charge < -0.3 is 10.0 Å². The molecule has 0 aromatic heterocycles. The van der Waals surface area contributed by atoms with E-state index in [1.165, 1.54) is 4.90 Å². The van der Waals surface area contributed by atoms with Crippen LogP contribution >= 0.6 is 0 Å². The number of carbonyl (C=O) groups excluding carboxylic acids is 1. The van der Waals surface area contributed by atoms with Crippen molar-refractivity contribution in [3.05, 3.63) is 12.2 Å². The minimum absolute atomic E-state index is 0.0600. The molecule has 0 spiro atoms. The van der Waals surface area contributed by atoms with Crippen LogP contribution in [0, 0.1) is 0 Å². The van der Waals surface area contributed by atoms with Gasteiger partial charge in [0.25, 0.3) is 0 Å². The molecular formula is C10H15NO3. The molecule has 78 valence electrons. The van der Waals surface area contributed by atoms with E-state index >= 15 is 0 Å². The van der Waals surface area contributed by atoms with Crippen LogP contribution in [0.1, 0.15) is 26.2 Å². The zero-order chi connectivity index (χ0) is 10.6. The SMILES string of the molecule is C/C=C\CC1CCC(C(=O)O)N1C=O. The number of carboxylic acid groups (broad SMARTS) is 1. The van der Waals surface area contributed by atoms with E-state index in [4.69, 9.17) is 5.11 Å². The van der Waals surface area contributed by atoms with Crippen LogP contribution < -0.4 is 0 Å². The first-order valence-electron chi connectivity index (χ1n) is 4.77. The van der Waals surface area contributed by atoms with Crippen LogP contribution in [0.25, 0.3) is 0 Å². The van der Waals surface area contributed by atoms with Gasteiger partial charge in [0.1, 0.15) is 6.04 Å². The van der Waals surface area contributed by atoms with E-state index < -0.39 is 12.0 Å². The molecule has 2 unspecified atom stereocenters. The lowest BCUT2D eigenvalue weighted by Gasteiger charge is -2.22. The maximum absolute atomic E-state index is 10.8. The fourth-order valence-electron chi connectivity index (χ4n) is 1.85. The highest BCUT2D eigenvalue weighted by molar-refractivity contribution is 5.77. The standard InChI is InChI=1S/C10H15NO3/c1-2-3-4-8-5-6-9(10(13)14)11(8)7-12/h2-3,7-9H,4-6H2,1H3,(H,13,14)/b3-2-. The van der Waals surface area contributed by atoms with Crippen LogP contribution in [0.5, 0.6) is 0 Å². The maximum atomic E-state index is 10.8. The van der Waals surface area contributed by atoms with Gasteiger partial charge in [0.05, 0.1) is 0 Å². The molecule has 2 atom stereocenters. The zero-order valence-electron chi connectivity index (χ0n) is 8.22. The fourth-order valence-corrected chi connectivity index (χ4v) is 1.85. The monoisotopic (exact) mass is 197 g/mol. The lowest BCUT2D eigenvalue weighted by molar-refractivity contribution is -0.145. The van der Waals surface area contributed by atoms with E-state index in [1.54, 1.807) is 0 Å². The van der Waals surface area contributed by atoms with Crippen LogP contribution in [0.3, 0.4) is 0 Å². The smallest absolute Gasteiger partial charge is 0.326 e. The lowest BCUT2D eigenvalue weighted by Crippen LogP contribution is -2.39. The molecule has 1 rings (SSSR count). The number of nitrogens with zero attached hydrogens (tertiary/aromatic N) is 1. The Morgan fingerprint density at radius 3 is 2.79 bits per heavy atom. The normalized spacial score (nSPS) is 27.1. The average Bonchev–Trinajstić information content (AvgIpc) is 2.57. The number of allylic oxidation sites excluding steroid dienone is 1. The third-order valence-electron chi connectivity index (χ3n) is 2.61. The van der Waals surface area contributed by atoms with Gasteiger partial charge in [0.2, 0.25) is 6.41 Å². The first-order chi connectivity index (χ1) is 6.70. The quantitative estimate of drug-likeness (QED) is 0.541. The molecule has 1 heterocycles. The number of rotatable bonds is 4. The van der Waals surface area contributed by atoms with Gasteiger partial charge in [-0.25, -0.2) is 4.79 Å². The summed E-state index contributed by atoms with van der Waals surface area (Å²) in [5.74, 6) is -0.903. The summed E-state index contributed by atoms with van der Waals surface area (Å²) in [6.45, 7) is 1.91. The Labute approximate surface area is 83.2 Å². The maximum Gasteiger partial charge on any atom is 0.326 e. The van der Waals surface area contributed by atoms with Crippen molar-refractivity contribution in [3.63, 3.8) is 0 Å². The molecule has 1 saturated heterocycles. The topological polar surface area (TPSA) is 57.6 Å². The van der Waals surface area contributed by atoms with Crippen LogP contribution in [-0.4, -0.2) is 34.5 Å². The molecule has 0 saturated carbocycles. The van der Waals surface area contributed by atoms with Crippen LogP contribution in [0.2, 0.25) is 0 Å². The van der Waals surface area contributed by atoms with Gasteiger partial charge in [0, 0.05) is 6.04 Å². The molecule has 4 nitrogen and oxygen atoms in total. The van der Waals surface area contributed by atoms with Crippen molar-refractivity contribution in [2.45, 2.75) is 38.3 Å². The number of hydrogen-bond donors (Lipinski definition) is 1. The number of amides is 1. The molecular weight excluding hydrogens is 182 g/mol. The molecule has 1 aliphatic heterocycles. The van der Waals surface area contributed by atoms with E-state index in [9.17, 15) is 9.59 Å². The molecule has 0 bridgehead atoms. The van der Waals surface area contributed by atoms with Crippen molar-refractivity contribution < 1.29 is 14.7 Å². The van der Waals surface area contributed by atoms with E-state index in [1.807, 2.05) is 19.1 Å². The summed E-state index contributed by atoms with van der Waals surface area (Å²) >= 11 is 0. The number of aliphatic carboxylic acids is 1. The van der Waals surface area contributed by atoms with Gasteiger partial charge >= 0.3 is 5.97 Å². The first-order valence-corrected chi connectivity index (χ1v) is 4.77. The first kappa shape index (κ1) is 10.8. The minimum Gasteiger partial charge on any atom is -0.480 e. The summed E-state index contributed by atoms with van der Waals surface area (Å²) < 4.78 is 0. The lowest BCUT2D eigenvalue weighted by atomic mass is 10.1. The molecule has 0 radical (unpaired) electrons. The van der Waals surface area contributed by atoms with Gasteiger partial charge in [-0.1, -0.05) is 12.2 Å². The average molecular weight is 197 g/mol. The largest absolute Gasteiger partial charge is 0.480 e. The van der Waals surface area contributed by atoms with E-state index in [2.05, 4.69) is 0 Å². The van der Waals surface area contributed by atoms with Gasteiger partial charge in [0.15, 0.2) is 0 Å². The second kappa shape index (κ2) is 4.79. The molecule has 0 aromatic rings. The number of hydrogen-bond acceptors (Lipinski definition) is 2. The number of carboxylic acids is 1. The fraction of sp³-hybridized carbons (Fsp3) is 0.600. The van der Waals surface area contributed by atoms with Crippen molar-refractivity contribution in [2.24, 2.45) is 0 Å². The molecule has 1 aliphatic rings. The van der Waals surface area contributed by atoms with Crippen LogP contribution in [0.15, 0.2) is 12.2 Å². The highest BCUT2D eigenvalue weighted by atomic mass is 16.4. The van der Waals surface area contributed by atoms with Crippen LogP contribution in [0.4, 0.5) is 0 Å². The predicted octanol–water partition coefficient (Wildman–Crippen LogP) is 1.03. The Bertz CT molecular complexity index is 250. The van der Waals surface area contributed by atoms with Crippen molar-refractivity contribution >= 4 is 12.4 Å². The van der Waals surface area contributed by atoms with E-state index in [0.717, 1.165) is 12.8 Å². The molecule has 4 heteroatoms. The van der Waals surface area contributed by atoms with Crippen molar-refractivity contribution in [3.8, 4) is 0 Å². The number of likely N-dealkylation sites (tertiary alicyclic amines) is 1. The predicted molar refractivity (Wildman–Crippen MR) is 51.8 cm³/mol. The van der Waals surface area contributed by atoms with Crippen molar-refractivity contribution in [1.82, 2.24) is 4.90 Å². The Morgan fingerprint density at radius 1 is 1.57 bits per heavy atom. The third kappa shape index (κ3) is 2.13. The van der Waals surface area contributed by atoms with E-state index in [0.29, 0.717) is 12.8 Å². The molecule has 0 aliphatic carbocycles. The van der Waals surface area contributed by atoms with E-state index in [-0.39, 0.29) is 6.04 Å². The Hall–Kier alpha value is -1.32. The molecule has 0 aromatic carbocycles. The van der Waals surface area contributed by atoms with Crippen molar-refractivity contribution in [1.29, 1.82) is 0 Å². The van der Waals surface area contributed by atoms with Gasteiger partial charge in [-0.05, 0) is 26.2 Å². The molecule has 14 heavy (non-hydrogen) atoms. The van der Waals surface area contributed by atoms with Crippen LogP contribution in [-0.2, 0) is 9.59 Å². The Morgan fingerprint density at radius 2 is 2.29 bits per heavy atom. The van der Waals surface area contributed by atoms with Crippen molar-refractivity contribution in [2.75, 3.05) is 0 Å². The second-order valence-electron chi connectivity index (χ2n) is 3.44. The summed E-state index contributed by atoms with van der Waals surface area (Å²) in [5.41, 5.74) is 0.